The van der Waals surface area contributed by atoms with E-state index in [0.717, 1.165) is 28.1 Å². The van der Waals surface area contributed by atoms with Crippen molar-refractivity contribution in [2.75, 3.05) is 5.73 Å². The Morgan fingerprint density at radius 3 is 2.68 bits per heavy atom. The van der Waals surface area contributed by atoms with Crippen molar-refractivity contribution in [1.82, 2.24) is 9.97 Å². The first-order chi connectivity index (χ1) is 9.13. The highest BCUT2D eigenvalue weighted by Gasteiger charge is 2.07. The van der Waals surface area contributed by atoms with Crippen molar-refractivity contribution < 1.29 is 0 Å². The molecule has 0 aliphatic rings. The fourth-order valence-corrected chi connectivity index (χ4v) is 2.21. The van der Waals surface area contributed by atoms with Gasteiger partial charge in [0.2, 0.25) is 0 Å². The summed E-state index contributed by atoms with van der Waals surface area (Å²) < 4.78 is 0. The first kappa shape index (κ1) is 11.8. The summed E-state index contributed by atoms with van der Waals surface area (Å²) in [5.74, 6) is 1.38. The van der Waals surface area contributed by atoms with Crippen molar-refractivity contribution in [1.29, 1.82) is 0 Å². The van der Waals surface area contributed by atoms with Crippen LogP contribution in [-0.4, -0.2) is 9.97 Å². The normalized spacial score (nSPS) is 11.3. The molecule has 0 fully saturated rings. The molecule has 0 unspecified atom stereocenters. The topological polar surface area (TPSA) is 54.7 Å². The second-order valence-corrected chi connectivity index (χ2v) is 5.14. The average molecular weight is 251 g/mol. The first-order valence-electron chi connectivity index (χ1n) is 6.49. The van der Waals surface area contributed by atoms with Gasteiger partial charge in [-0.25, -0.2) is 4.98 Å². The molecule has 0 radical (unpaired) electrons. The number of fused-ring (bicyclic) bond motifs is 1. The molecule has 3 aromatic rings. The molecule has 0 aliphatic heterocycles. The van der Waals surface area contributed by atoms with Gasteiger partial charge in [-0.2, -0.15) is 0 Å². The molecule has 96 valence electrons. The van der Waals surface area contributed by atoms with Crippen LogP contribution in [0.1, 0.15) is 25.3 Å². The molecule has 3 heteroatoms. The number of hydrogen-bond acceptors (Lipinski definition) is 2. The van der Waals surface area contributed by atoms with Gasteiger partial charge in [0.15, 0.2) is 0 Å². The Bertz CT molecular complexity index is 726. The van der Waals surface area contributed by atoms with Gasteiger partial charge in [0.05, 0.1) is 11.0 Å². The quantitative estimate of drug-likeness (QED) is 0.678. The van der Waals surface area contributed by atoms with E-state index in [2.05, 4.69) is 42.0 Å². The number of aromatic amines is 1. The monoisotopic (exact) mass is 251 g/mol. The number of nitrogen functional groups attached to an aromatic ring is 1. The average Bonchev–Trinajstić information content (AvgIpc) is 2.81. The Balaban J connectivity index is 2.11. The number of nitrogens with one attached hydrogen (secondary N) is 1. The van der Waals surface area contributed by atoms with E-state index >= 15 is 0 Å². The number of aromatic nitrogens is 2. The molecule has 1 aromatic heterocycles. The predicted octanol–water partition coefficient (Wildman–Crippen LogP) is 3.94. The molecule has 1 heterocycles. The Morgan fingerprint density at radius 1 is 1.11 bits per heavy atom. The second kappa shape index (κ2) is 4.43. The SMILES string of the molecule is CC(C)c1ccc2nc(-c3cccc(N)c3)[nH]c2c1. The van der Waals surface area contributed by atoms with E-state index in [9.17, 15) is 0 Å². The van der Waals surface area contributed by atoms with Gasteiger partial charge in [-0.05, 0) is 35.7 Å². The molecule has 2 aromatic carbocycles. The van der Waals surface area contributed by atoms with Gasteiger partial charge in [0.1, 0.15) is 5.82 Å². The number of nitrogens with two attached hydrogens (primary N) is 1. The smallest absolute Gasteiger partial charge is 0.138 e. The minimum absolute atomic E-state index is 0.517. The Morgan fingerprint density at radius 2 is 1.95 bits per heavy atom. The number of rotatable bonds is 2. The molecule has 0 amide bonds. The molecule has 0 saturated heterocycles. The van der Waals surface area contributed by atoms with Crippen LogP contribution in [0.15, 0.2) is 42.5 Å². The molecule has 0 spiro atoms. The molecule has 3 nitrogen and oxygen atoms in total. The fourth-order valence-electron chi connectivity index (χ4n) is 2.21. The minimum atomic E-state index is 0.517. The molecule has 0 bridgehead atoms. The van der Waals surface area contributed by atoms with Crippen LogP contribution < -0.4 is 5.73 Å². The largest absolute Gasteiger partial charge is 0.399 e. The van der Waals surface area contributed by atoms with Gasteiger partial charge in [-0.15, -0.1) is 0 Å². The summed E-state index contributed by atoms with van der Waals surface area (Å²) >= 11 is 0. The third kappa shape index (κ3) is 2.19. The van der Waals surface area contributed by atoms with E-state index in [1.54, 1.807) is 0 Å². The number of nitrogens with zero attached hydrogens (tertiary/aromatic N) is 1. The van der Waals surface area contributed by atoms with E-state index in [1.165, 1.54) is 5.56 Å². The van der Waals surface area contributed by atoms with Crippen molar-refractivity contribution in [2.45, 2.75) is 19.8 Å². The number of hydrogen-bond donors (Lipinski definition) is 2. The summed E-state index contributed by atoms with van der Waals surface area (Å²) in [6, 6.07) is 14.1. The lowest BCUT2D eigenvalue weighted by molar-refractivity contribution is 0.868. The fraction of sp³-hybridized carbons (Fsp3) is 0.188. The molecular weight excluding hydrogens is 234 g/mol. The number of imidazole rings is 1. The van der Waals surface area contributed by atoms with Crippen LogP contribution in [0.4, 0.5) is 5.69 Å². The van der Waals surface area contributed by atoms with Crippen molar-refractivity contribution in [3.05, 3.63) is 48.0 Å². The van der Waals surface area contributed by atoms with Crippen molar-refractivity contribution in [2.24, 2.45) is 0 Å². The maximum Gasteiger partial charge on any atom is 0.138 e. The van der Waals surface area contributed by atoms with Crippen LogP contribution in [0, 0.1) is 0 Å². The van der Waals surface area contributed by atoms with Gasteiger partial charge >= 0.3 is 0 Å². The summed E-state index contributed by atoms with van der Waals surface area (Å²) in [5.41, 5.74) is 11.0. The van der Waals surface area contributed by atoms with Crippen LogP contribution in [0.2, 0.25) is 0 Å². The Kier molecular flexibility index (Phi) is 2.75. The van der Waals surface area contributed by atoms with Gasteiger partial charge in [0.25, 0.3) is 0 Å². The lowest BCUT2D eigenvalue weighted by atomic mass is 10.0. The van der Waals surface area contributed by atoms with Gasteiger partial charge in [0, 0.05) is 11.3 Å². The molecule has 0 aliphatic carbocycles. The summed E-state index contributed by atoms with van der Waals surface area (Å²) in [7, 11) is 0. The molecule has 0 atom stereocenters. The van der Waals surface area contributed by atoms with E-state index in [1.807, 2.05) is 24.3 Å². The van der Waals surface area contributed by atoms with Gasteiger partial charge in [-0.3, -0.25) is 0 Å². The maximum absolute atomic E-state index is 5.81. The zero-order chi connectivity index (χ0) is 13.4. The third-order valence-corrected chi connectivity index (χ3v) is 3.33. The highest BCUT2D eigenvalue weighted by molar-refractivity contribution is 5.80. The Labute approximate surface area is 112 Å². The molecule has 19 heavy (non-hydrogen) atoms. The highest BCUT2D eigenvalue weighted by Crippen LogP contribution is 2.24. The summed E-state index contributed by atoms with van der Waals surface area (Å²) in [6.45, 7) is 4.38. The van der Waals surface area contributed by atoms with Crippen LogP contribution in [0.5, 0.6) is 0 Å². The second-order valence-electron chi connectivity index (χ2n) is 5.14. The van der Waals surface area contributed by atoms with E-state index in [0.29, 0.717) is 5.92 Å². The zero-order valence-corrected chi connectivity index (χ0v) is 11.1. The van der Waals surface area contributed by atoms with E-state index in [-0.39, 0.29) is 0 Å². The predicted molar refractivity (Wildman–Crippen MR) is 80.0 cm³/mol. The highest BCUT2D eigenvalue weighted by atomic mass is 14.9. The lowest BCUT2D eigenvalue weighted by Gasteiger charge is -2.03. The van der Waals surface area contributed by atoms with Crippen LogP contribution in [0.3, 0.4) is 0 Å². The molecular formula is C16H17N3. The summed E-state index contributed by atoms with van der Waals surface area (Å²) in [5, 5.41) is 0. The van der Waals surface area contributed by atoms with Gasteiger partial charge < -0.3 is 10.7 Å². The molecule has 3 rings (SSSR count). The number of benzene rings is 2. The first-order valence-corrected chi connectivity index (χ1v) is 6.49. The van der Waals surface area contributed by atoms with Crippen molar-refractivity contribution >= 4 is 16.7 Å². The zero-order valence-electron chi connectivity index (χ0n) is 11.1. The third-order valence-electron chi connectivity index (χ3n) is 3.33. The minimum Gasteiger partial charge on any atom is -0.399 e. The lowest BCUT2D eigenvalue weighted by Crippen LogP contribution is -1.86. The summed E-state index contributed by atoms with van der Waals surface area (Å²) in [4.78, 5) is 7.98. The van der Waals surface area contributed by atoms with Crippen LogP contribution in [0.25, 0.3) is 22.4 Å². The molecule has 0 saturated carbocycles. The Hall–Kier alpha value is -2.29. The standard InChI is InChI=1S/C16H17N3/c1-10(2)11-6-7-14-15(9-11)19-16(18-14)12-4-3-5-13(17)8-12/h3-10H,17H2,1-2H3,(H,18,19). The van der Waals surface area contributed by atoms with Crippen LogP contribution in [-0.2, 0) is 0 Å². The van der Waals surface area contributed by atoms with Crippen molar-refractivity contribution in [3.63, 3.8) is 0 Å². The van der Waals surface area contributed by atoms with Crippen LogP contribution >= 0.6 is 0 Å². The number of H-pyrrole nitrogens is 1. The summed E-state index contributed by atoms with van der Waals surface area (Å²) in [6.07, 6.45) is 0. The van der Waals surface area contributed by atoms with Crippen molar-refractivity contribution in [3.8, 4) is 11.4 Å². The van der Waals surface area contributed by atoms with E-state index < -0.39 is 0 Å². The van der Waals surface area contributed by atoms with Gasteiger partial charge in [-0.1, -0.05) is 32.0 Å². The maximum atomic E-state index is 5.81. The molecule has 3 N–H and O–H groups in total. The number of anilines is 1. The van der Waals surface area contributed by atoms with E-state index in [4.69, 9.17) is 5.73 Å².